The SMILES string of the molecule is O=C(NCc1cccc(C(=O)O)c1)C(=O)c1ncc(C#Cc2ccccc2C(F)(F)F)s1. The first-order valence-electron chi connectivity index (χ1n) is 8.94. The number of carboxylic acids is 1. The largest absolute Gasteiger partial charge is 0.478 e. The van der Waals surface area contributed by atoms with Gasteiger partial charge in [0.05, 0.1) is 22.2 Å². The van der Waals surface area contributed by atoms with Crippen molar-refractivity contribution in [2.75, 3.05) is 0 Å². The first kappa shape index (κ1) is 22.7. The Kier molecular flexibility index (Phi) is 6.70. The molecule has 0 saturated heterocycles. The Balaban J connectivity index is 1.68. The normalized spacial score (nSPS) is 10.7. The van der Waals surface area contributed by atoms with Gasteiger partial charge in [0.1, 0.15) is 0 Å². The maximum absolute atomic E-state index is 13.0. The van der Waals surface area contributed by atoms with Gasteiger partial charge in [-0.1, -0.05) is 30.2 Å². The number of rotatable bonds is 5. The van der Waals surface area contributed by atoms with Crippen LogP contribution in [-0.4, -0.2) is 27.8 Å². The molecule has 0 atom stereocenters. The molecule has 0 unspecified atom stereocenters. The van der Waals surface area contributed by atoms with Crippen LogP contribution in [0.15, 0.2) is 54.7 Å². The number of Topliss-reactive ketones (excluding diaryl/α,β-unsaturated/α-hetero) is 1. The number of nitrogens with one attached hydrogen (secondary N) is 1. The average molecular weight is 458 g/mol. The topological polar surface area (TPSA) is 96.4 Å². The number of carbonyl (C=O) groups excluding carboxylic acids is 2. The zero-order chi connectivity index (χ0) is 23.3. The van der Waals surface area contributed by atoms with Crippen molar-refractivity contribution in [3.05, 3.63) is 86.9 Å². The average Bonchev–Trinajstić information content (AvgIpc) is 3.24. The van der Waals surface area contributed by atoms with Gasteiger partial charge in [0.2, 0.25) is 0 Å². The number of halogens is 3. The van der Waals surface area contributed by atoms with Crippen molar-refractivity contribution in [3.8, 4) is 11.8 Å². The van der Waals surface area contributed by atoms with Crippen LogP contribution in [-0.2, 0) is 17.5 Å². The molecule has 0 spiro atoms. The summed E-state index contributed by atoms with van der Waals surface area (Å²) in [5.41, 5.74) is -0.569. The molecule has 0 radical (unpaired) electrons. The predicted octanol–water partition coefficient (Wildman–Crippen LogP) is 3.76. The number of amides is 1. The summed E-state index contributed by atoms with van der Waals surface area (Å²) in [5, 5.41) is 11.2. The molecular formula is C22H13F3N2O4S. The third-order valence-corrected chi connectivity index (χ3v) is 5.00. The van der Waals surface area contributed by atoms with Gasteiger partial charge >= 0.3 is 12.1 Å². The molecule has 0 aliphatic carbocycles. The van der Waals surface area contributed by atoms with Crippen LogP contribution in [0.1, 0.15) is 41.7 Å². The minimum absolute atomic E-state index is 0.0401. The van der Waals surface area contributed by atoms with Gasteiger partial charge in [0, 0.05) is 12.1 Å². The fourth-order valence-electron chi connectivity index (χ4n) is 2.58. The molecule has 0 fully saturated rings. The number of hydrogen-bond donors (Lipinski definition) is 2. The molecule has 2 N–H and O–H groups in total. The van der Waals surface area contributed by atoms with Crippen molar-refractivity contribution in [3.63, 3.8) is 0 Å². The smallest absolute Gasteiger partial charge is 0.417 e. The van der Waals surface area contributed by atoms with Crippen LogP contribution in [0.25, 0.3) is 0 Å². The number of aromatic carboxylic acids is 1. The van der Waals surface area contributed by atoms with Gasteiger partial charge in [-0.25, -0.2) is 9.78 Å². The highest BCUT2D eigenvalue weighted by atomic mass is 32.1. The lowest BCUT2D eigenvalue weighted by Gasteiger charge is -2.07. The highest BCUT2D eigenvalue weighted by Crippen LogP contribution is 2.31. The molecule has 1 aromatic heterocycles. The molecular weight excluding hydrogens is 445 g/mol. The zero-order valence-electron chi connectivity index (χ0n) is 16.1. The highest BCUT2D eigenvalue weighted by Gasteiger charge is 2.32. The molecule has 0 bridgehead atoms. The zero-order valence-corrected chi connectivity index (χ0v) is 16.9. The molecule has 1 amide bonds. The van der Waals surface area contributed by atoms with Crippen LogP contribution in [0.2, 0.25) is 0 Å². The second-order valence-corrected chi connectivity index (χ2v) is 7.37. The minimum Gasteiger partial charge on any atom is -0.478 e. The minimum atomic E-state index is -4.55. The number of aromatic nitrogens is 1. The van der Waals surface area contributed by atoms with Crippen molar-refractivity contribution in [1.29, 1.82) is 0 Å². The molecule has 1 heterocycles. The lowest BCUT2D eigenvalue weighted by molar-refractivity contribution is -0.137. The Hall–Kier alpha value is -3.97. The summed E-state index contributed by atoms with van der Waals surface area (Å²) in [7, 11) is 0. The van der Waals surface area contributed by atoms with Crippen LogP contribution in [0, 0.1) is 11.8 Å². The van der Waals surface area contributed by atoms with Gasteiger partial charge in [0.25, 0.3) is 11.7 Å². The first-order chi connectivity index (χ1) is 15.1. The Morgan fingerprint density at radius 3 is 2.53 bits per heavy atom. The summed E-state index contributed by atoms with van der Waals surface area (Å²) in [4.78, 5) is 39.4. The third kappa shape index (κ3) is 5.59. The molecule has 32 heavy (non-hydrogen) atoms. The van der Waals surface area contributed by atoms with E-state index in [4.69, 9.17) is 5.11 Å². The van der Waals surface area contributed by atoms with Crippen molar-refractivity contribution in [2.45, 2.75) is 12.7 Å². The summed E-state index contributed by atoms with van der Waals surface area (Å²) in [5.74, 6) is 1.93. The number of benzene rings is 2. The number of carbonyl (C=O) groups is 3. The fourth-order valence-corrected chi connectivity index (χ4v) is 3.29. The number of nitrogens with zero attached hydrogens (tertiary/aromatic N) is 1. The van der Waals surface area contributed by atoms with Gasteiger partial charge in [-0.05, 0) is 35.7 Å². The number of carboxylic acid groups (broad SMARTS) is 1. The van der Waals surface area contributed by atoms with Crippen LogP contribution in [0.4, 0.5) is 13.2 Å². The molecule has 3 aromatic rings. The van der Waals surface area contributed by atoms with E-state index in [-0.39, 0.29) is 27.6 Å². The molecule has 0 saturated carbocycles. The van der Waals surface area contributed by atoms with Crippen LogP contribution in [0.3, 0.4) is 0 Å². The van der Waals surface area contributed by atoms with Gasteiger partial charge in [-0.2, -0.15) is 13.2 Å². The maximum atomic E-state index is 13.0. The summed E-state index contributed by atoms with van der Waals surface area (Å²) < 4.78 is 39.1. The van der Waals surface area contributed by atoms with E-state index in [1.165, 1.54) is 42.6 Å². The standard InChI is InChI=1S/C22H13F3N2O4S/c23-22(24,25)17-7-2-1-5-14(17)8-9-16-12-27-20(32-16)18(28)19(29)26-11-13-4-3-6-15(10-13)21(30)31/h1-7,10,12H,11H2,(H,26,29)(H,30,31). The molecule has 10 heteroatoms. The fraction of sp³-hybridized carbons (Fsp3) is 0.0909. The molecule has 6 nitrogen and oxygen atoms in total. The second-order valence-electron chi connectivity index (χ2n) is 6.34. The van der Waals surface area contributed by atoms with E-state index in [1.807, 2.05) is 0 Å². The Morgan fingerprint density at radius 1 is 1.06 bits per heavy atom. The van der Waals surface area contributed by atoms with E-state index in [1.54, 1.807) is 6.07 Å². The molecule has 0 aliphatic rings. The number of hydrogen-bond acceptors (Lipinski definition) is 5. The van der Waals surface area contributed by atoms with Gasteiger partial charge in [0.15, 0.2) is 5.01 Å². The summed E-state index contributed by atoms with van der Waals surface area (Å²) in [6, 6.07) is 10.7. The van der Waals surface area contributed by atoms with E-state index < -0.39 is 29.4 Å². The quantitative estimate of drug-likeness (QED) is 0.345. The van der Waals surface area contributed by atoms with Gasteiger partial charge in [-0.15, -0.1) is 11.3 Å². The highest BCUT2D eigenvalue weighted by molar-refractivity contribution is 7.14. The molecule has 2 aromatic carbocycles. The molecule has 0 aliphatic heterocycles. The number of thiazole rings is 1. The van der Waals surface area contributed by atoms with Crippen LogP contribution >= 0.6 is 11.3 Å². The van der Waals surface area contributed by atoms with Crippen molar-refractivity contribution in [2.24, 2.45) is 0 Å². The summed E-state index contributed by atoms with van der Waals surface area (Å²) in [6.07, 6.45) is -3.35. The molecule has 162 valence electrons. The predicted molar refractivity (Wildman–Crippen MR) is 109 cm³/mol. The van der Waals surface area contributed by atoms with E-state index in [0.29, 0.717) is 5.56 Å². The van der Waals surface area contributed by atoms with E-state index in [2.05, 4.69) is 22.1 Å². The molecule has 3 rings (SSSR count). The van der Waals surface area contributed by atoms with Crippen LogP contribution < -0.4 is 5.32 Å². The lowest BCUT2D eigenvalue weighted by Crippen LogP contribution is -2.30. The third-order valence-electron chi connectivity index (χ3n) is 4.09. The van der Waals surface area contributed by atoms with Crippen LogP contribution in [0.5, 0.6) is 0 Å². The van der Waals surface area contributed by atoms with E-state index in [0.717, 1.165) is 17.4 Å². The number of ketones is 1. The van der Waals surface area contributed by atoms with Gasteiger partial charge in [-0.3, -0.25) is 9.59 Å². The monoisotopic (exact) mass is 458 g/mol. The van der Waals surface area contributed by atoms with Crippen molar-refractivity contribution >= 4 is 29.0 Å². The number of alkyl halides is 3. The Labute approximate surface area is 183 Å². The second kappa shape index (κ2) is 9.45. The summed E-state index contributed by atoms with van der Waals surface area (Å²) >= 11 is 0.776. The van der Waals surface area contributed by atoms with E-state index >= 15 is 0 Å². The summed E-state index contributed by atoms with van der Waals surface area (Å²) in [6.45, 7) is -0.0715. The maximum Gasteiger partial charge on any atom is 0.417 e. The Morgan fingerprint density at radius 2 is 1.81 bits per heavy atom. The lowest BCUT2D eigenvalue weighted by atomic mass is 10.1. The Bertz CT molecular complexity index is 1260. The van der Waals surface area contributed by atoms with Crippen molar-refractivity contribution in [1.82, 2.24) is 10.3 Å². The van der Waals surface area contributed by atoms with E-state index in [9.17, 15) is 27.6 Å². The first-order valence-corrected chi connectivity index (χ1v) is 9.75. The van der Waals surface area contributed by atoms with Crippen molar-refractivity contribution < 1.29 is 32.7 Å². The van der Waals surface area contributed by atoms with Gasteiger partial charge < -0.3 is 10.4 Å².